The lowest BCUT2D eigenvalue weighted by Gasteiger charge is -2.38. The van der Waals surface area contributed by atoms with Gasteiger partial charge in [0.15, 0.2) is 0 Å². The molecule has 5 N–H and O–H groups in total. The normalized spacial score (nSPS) is 16.8. The summed E-state index contributed by atoms with van der Waals surface area (Å²) in [6.07, 6.45) is 1.70. The number of nitrogen functional groups attached to an aromatic ring is 1. The van der Waals surface area contributed by atoms with E-state index >= 15 is 0 Å². The monoisotopic (exact) mass is 709 g/mol. The van der Waals surface area contributed by atoms with Crippen molar-refractivity contribution < 1.29 is 37.4 Å². The first-order valence-corrected chi connectivity index (χ1v) is 18.0. The van der Waals surface area contributed by atoms with Crippen molar-refractivity contribution in [2.24, 2.45) is 5.92 Å². The molecule has 3 amide bonds. The first kappa shape index (κ1) is 38.1. The number of carbonyl (C=O) groups is 3. The van der Waals surface area contributed by atoms with E-state index in [-0.39, 0.29) is 66.0 Å². The molecule has 1 heterocycles. The van der Waals surface area contributed by atoms with Crippen molar-refractivity contribution in [1.82, 2.24) is 9.21 Å². The molecule has 0 fully saturated rings. The quantitative estimate of drug-likeness (QED) is 0.132. The fraction of sp³-hybridized carbons (Fsp3) is 0.417. The number of carbonyl (C=O) groups excluding carboxylic acids is 3. The summed E-state index contributed by atoms with van der Waals surface area (Å²) in [7, 11) is -0.899. The second-order valence-electron chi connectivity index (χ2n) is 12.5. The molecular weight excluding hydrogens is 662 g/mol. The number of rotatable bonds is 15. The number of para-hydroxylation sites is 2. The number of nitrogens with zero attached hydrogens (tertiary/aromatic N) is 2. The highest BCUT2D eigenvalue weighted by Crippen LogP contribution is 2.31. The molecule has 0 saturated heterocycles. The maximum absolute atomic E-state index is 13.8. The number of unbranched alkanes of at least 4 members (excludes halogenated alkanes) is 2. The van der Waals surface area contributed by atoms with Crippen LogP contribution in [0.4, 0.5) is 17.1 Å². The Morgan fingerprint density at radius 1 is 1.04 bits per heavy atom. The molecule has 0 aliphatic carbocycles. The van der Waals surface area contributed by atoms with Crippen LogP contribution in [0.15, 0.2) is 71.6 Å². The third-order valence-electron chi connectivity index (χ3n) is 8.70. The second kappa shape index (κ2) is 17.3. The van der Waals surface area contributed by atoms with Crippen LogP contribution in [0.3, 0.4) is 0 Å². The Labute approximate surface area is 293 Å². The van der Waals surface area contributed by atoms with E-state index in [2.05, 4.69) is 10.6 Å². The summed E-state index contributed by atoms with van der Waals surface area (Å²) in [5.74, 6) is -0.305. The van der Waals surface area contributed by atoms with Gasteiger partial charge in [-0.15, -0.1) is 0 Å². The van der Waals surface area contributed by atoms with Gasteiger partial charge in [-0.2, -0.15) is 4.31 Å². The van der Waals surface area contributed by atoms with Gasteiger partial charge < -0.3 is 35.8 Å². The third-order valence-corrected chi connectivity index (χ3v) is 10.5. The summed E-state index contributed by atoms with van der Waals surface area (Å²) in [4.78, 5) is 40.5. The van der Waals surface area contributed by atoms with E-state index in [0.717, 1.165) is 0 Å². The molecule has 4 rings (SSSR count). The Morgan fingerprint density at radius 2 is 1.70 bits per heavy atom. The van der Waals surface area contributed by atoms with Crippen LogP contribution in [0.5, 0.6) is 11.5 Å². The van der Waals surface area contributed by atoms with Crippen LogP contribution < -0.4 is 25.8 Å². The topological polar surface area (TPSA) is 181 Å². The summed E-state index contributed by atoms with van der Waals surface area (Å²) >= 11 is 0. The van der Waals surface area contributed by atoms with Gasteiger partial charge >= 0.3 is 0 Å². The highest BCUT2D eigenvalue weighted by atomic mass is 32.2. The van der Waals surface area contributed by atoms with Crippen LogP contribution >= 0.6 is 0 Å². The van der Waals surface area contributed by atoms with Gasteiger partial charge in [-0.05, 0) is 74.4 Å². The molecule has 50 heavy (non-hydrogen) atoms. The van der Waals surface area contributed by atoms with E-state index in [4.69, 9.17) is 15.2 Å². The average molecular weight is 710 g/mol. The number of anilines is 3. The van der Waals surface area contributed by atoms with Crippen LogP contribution in [0.25, 0.3) is 0 Å². The zero-order chi connectivity index (χ0) is 36.4. The largest absolute Gasteiger partial charge is 0.497 e. The minimum atomic E-state index is -3.88. The number of aliphatic hydroxyl groups is 1. The molecule has 270 valence electrons. The number of nitrogens with one attached hydrogen (secondary N) is 2. The molecule has 3 aromatic carbocycles. The number of fused-ring (bicyclic) bond motifs is 1. The number of aliphatic hydroxyl groups excluding tert-OH is 1. The summed E-state index contributed by atoms with van der Waals surface area (Å²) < 4.78 is 39.6. The van der Waals surface area contributed by atoms with E-state index in [1.807, 2.05) is 6.92 Å². The zero-order valence-electron chi connectivity index (χ0n) is 28.9. The van der Waals surface area contributed by atoms with Gasteiger partial charge in [0.1, 0.15) is 17.6 Å². The number of amides is 3. The maximum Gasteiger partial charge on any atom is 0.258 e. The molecular formula is C36H47N5O8S. The Morgan fingerprint density at radius 3 is 2.34 bits per heavy atom. The Bertz CT molecular complexity index is 1750. The van der Waals surface area contributed by atoms with Crippen LogP contribution in [-0.2, 0) is 19.6 Å². The molecule has 1 aliphatic heterocycles. The lowest BCUT2D eigenvalue weighted by atomic mass is 9.99. The number of sulfonamides is 1. The molecule has 0 unspecified atom stereocenters. The summed E-state index contributed by atoms with van der Waals surface area (Å²) in [5, 5.41) is 15.6. The Balaban J connectivity index is 1.41. The number of methoxy groups -OCH3 is 1. The molecule has 1 aliphatic rings. The molecule has 14 heteroatoms. The molecule has 13 nitrogen and oxygen atoms in total. The number of hydrogen-bond acceptors (Lipinski definition) is 9. The standard InChI is InChI=1S/C36H47N5O8S/c1-24-21-41(25(2)23-42)36(45)29-20-26(38-34(43)12-6-5-7-13-35(44)39-31-11-9-8-10-30(31)37)14-19-32(29)49-33(24)22-40(3)50(46,47)28-17-15-27(48-4)16-18-28/h8-11,14-20,24-25,33,42H,5-7,12-13,21-23,37H2,1-4H3,(H,38,43)(H,39,44)/t24-,25-,33-/m0/s1. The minimum Gasteiger partial charge on any atom is -0.497 e. The smallest absolute Gasteiger partial charge is 0.258 e. The zero-order valence-corrected chi connectivity index (χ0v) is 29.7. The summed E-state index contributed by atoms with van der Waals surface area (Å²) in [6.45, 7) is 3.52. The summed E-state index contributed by atoms with van der Waals surface area (Å²) in [5.41, 5.74) is 7.52. The predicted molar refractivity (Wildman–Crippen MR) is 192 cm³/mol. The van der Waals surface area contributed by atoms with Crippen LogP contribution in [0.2, 0.25) is 0 Å². The van der Waals surface area contributed by atoms with Crippen LogP contribution in [0, 0.1) is 5.92 Å². The van der Waals surface area contributed by atoms with Crippen molar-refractivity contribution in [2.75, 3.05) is 50.2 Å². The number of benzene rings is 3. The van der Waals surface area contributed by atoms with Gasteiger partial charge in [-0.25, -0.2) is 8.42 Å². The minimum absolute atomic E-state index is 0.00896. The van der Waals surface area contributed by atoms with E-state index in [1.54, 1.807) is 60.4 Å². The second-order valence-corrected chi connectivity index (χ2v) is 14.6. The number of ether oxygens (including phenoxy) is 2. The molecule has 3 atom stereocenters. The van der Waals surface area contributed by atoms with Crippen molar-refractivity contribution in [2.45, 2.75) is 63.0 Å². The number of likely N-dealkylation sites (N-methyl/N-ethyl adjacent to an activating group) is 1. The van der Waals surface area contributed by atoms with Crippen LogP contribution in [-0.4, -0.2) is 86.5 Å². The van der Waals surface area contributed by atoms with Crippen molar-refractivity contribution >= 4 is 44.8 Å². The highest BCUT2D eigenvalue weighted by Gasteiger charge is 2.35. The van der Waals surface area contributed by atoms with Crippen molar-refractivity contribution in [3.63, 3.8) is 0 Å². The number of nitrogens with two attached hydrogens (primary N) is 1. The first-order valence-electron chi connectivity index (χ1n) is 16.6. The Kier molecular flexibility index (Phi) is 13.2. The van der Waals surface area contributed by atoms with E-state index in [9.17, 15) is 27.9 Å². The van der Waals surface area contributed by atoms with Crippen LogP contribution in [0.1, 0.15) is 56.3 Å². The lowest BCUT2D eigenvalue weighted by Crippen LogP contribution is -2.50. The van der Waals surface area contributed by atoms with E-state index < -0.39 is 22.2 Å². The first-order chi connectivity index (χ1) is 23.8. The fourth-order valence-corrected chi connectivity index (χ4v) is 6.78. The average Bonchev–Trinajstić information content (AvgIpc) is 3.10. The number of hydrogen-bond donors (Lipinski definition) is 4. The molecule has 0 aromatic heterocycles. The van der Waals surface area contributed by atoms with Gasteiger partial charge in [0, 0.05) is 38.0 Å². The van der Waals surface area contributed by atoms with Gasteiger partial charge in [0.05, 0.1) is 48.1 Å². The van der Waals surface area contributed by atoms with Crippen molar-refractivity contribution in [1.29, 1.82) is 0 Å². The highest BCUT2D eigenvalue weighted by molar-refractivity contribution is 7.89. The molecule has 0 saturated carbocycles. The fourth-order valence-electron chi connectivity index (χ4n) is 5.59. The molecule has 0 spiro atoms. The third kappa shape index (κ3) is 9.73. The van der Waals surface area contributed by atoms with Gasteiger partial charge in [-0.3, -0.25) is 14.4 Å². The predicted octanol–water partition coefficient (Wildman–Crippen LogP) is 4.35. The van der Waals surface area contributed by atoms with E-state index in [1.165, 1.54) is 36.7 Å². The Hall–Kier alpha value is -4.66. The SMILES string of the molecule is COc1ccc(S(=O)(=O)N(C)C[C@@H]2Oc3ccc(NC(=O)CCCCCC(=O)Nc4ccccc4N)cc3C(=O)N([C@@H](C)CO)C[C@@H]2C)cc1. The molecule has 3 aromatic rings. The molecule has 0 radical (unpaired) electrons. The summed E-state index contributed by atoms with van der Waals surface area (Å²) in [6, 6.07) is 17.4. The van der Waals surface area contributed by atoms with Crippen molar-refractivity contribution in [3.8, 4) is 11.5 Å². The van der Waals surface area contributed by atoms with Gasteiger partial charge in [0.25, 0.3) is 5.91 Å². The molecule has 0 bridgehead atoms. The lowest BCUT2D eigenvalue weighted by molar-refractivity contribution is -0.116. The maximum atomic E-state index is 13.8. The van der Waals surface area contributed by atoms with Gasteiger partial charge in [-0.1, -0.05) is 25.5 Å². The van der Waals surface area contributed by atoms with Crippen molar-refractivity contribution in [3.05, 3.63) is 72.3 Å². The van der Waals surface area contributed by atoms with E-state index in [0.29, 0.717) is 48.5 Å². The van der Waals surface area contributed by atoms with Gasteiger partial charge in [0.2, 0.25) is 21.8 Å².